The molecule has 0 radical (unpaired) electrons. The molecule has 1 aliphatic rings. The number of halogens is 1. The number of likely N-dealkylation sites (tertiary alicyclic amines) is 1. The highest BCUT2D eigenvalue weighted by molar-refractivity contribution is 7.18. The van der Waals surface area contributed by atoms with Gasteiger partial charge in [-0.25, -0.2) is 4.39 Å². The highest BCUT2D eigenvalue weighted by Gasteiger charge is 2.21. The fourth-order valence-corrected chi connectivity index (χ4v) is 4.53. The Hall–Kier alpha value is -2.90. The van der Waals surface area contributed by atoms with Crippen molar-refractivity contribution >= 4 is 33.5 Å². The van der Waals surface area contributed by atoms with Gasteiger partial charge >= 0.3 is 0 Å². The van der Waals surface area contributed by atoms with Gasteiger partial charge in [0.1, 0.15) is 23.1 Å². The number of nitrogens with zero attached hydrogens (tertiary/aromatic N) is 1. The normalized spacial score (nSPS) is 16.5. The molecule has 156 valence electrons. The number of anilines is 3. The summed E-state index contributed by atoms with van der Waals surface area (Å²) >= 11 is 1.25. The lowest BCUT2D eigenvalue weighted by Gasteiger charge is -2.19. The van der Waals surface area contributed by atoms with E-state index in [1.165, 1.54) is 42.4 Å². The van der Waals surface area contributed by atoms with Crippen molar-refractivity contribution in [3.63, 3.8) is 0 Å². The van der Waals surface area contributed by atoms with Crippen LogP contribution in [0.2, 0.25) is 0 Å². The highest BCUT2D eigenvalue weighted by Crippen LogP contribution is 2.33. The van der Waals surface area contributed by atoms with Gasteiger partial charge < -0.3 is 20.7 Å². The fourth-order valence-electron chi connectivity index (χ4n) is 3.56. The van der Waals surface area contributed by atoms with Crippen molar-refractivity contribution in [2.24, 2.45) is 0 Å². The van der Waals surface area contributed by atoms with Gasteiger partial charge in [-0.15, -0.1) is 11.3 Å². The van der Waals surface area contributed by atoms with Gasteiger partial charge in [-0.2, -0.15) is 0 Å². The standard InChI is InChI=1S/C23H24FN3O2S/c1-27-11-3-6-18(27)14-29-19-9-7-17(8-10-19)26-21-13-20(25)23(30-21)22(28)15-4-2-5-16(24)12-15/h2,4-5,7-10,12-13,18,26H,3,6,11,14,25H2,1H3/t18-/m0/s1. The number of hydrogen-bond acceptors (Lipinski definition) is 6. The van der Waals surface area contributed by atoms with E-state index in [9.17, 15) is 9.18 Å². The first kappa shape index (κ1) is 20.4. The number of nitrogen functional groups attached to an aromatic ring is 1. The van der Waals surface area contributed by atoms with Crippen LogP contribution in [0.15, 0.2) is 54.6 Å². The van der Waals surface area contributed by atoms with Crippen molar-refractivity contribution in [3.05, 3.63) is 70.9 Å². The third kappa shape index (κ3) is 4.63. The lowest BCUT2D eigenvalue weighted by Crippen LogP contribution is -2.30. The van der Waals surface area contributed by atoms with E-state index in [2.05, 4.69) is 17.3 Å². The van der Waals surface area contributed by atoms with Crippen LogP contribution in [-0.2, 0) is 0 Å². The molecule has 1 aliphatic heterocycles. The molecule has 2 aromatic carbocycles. The van der Waals surface area contributed by atoms with Crippen LogP contribution in [0.4, 0.5) is 20.8 Å². The Morgan fingerprint density at radius 2 is 2.07 bits per heavy atom. The van der Waals surface area contributed by atoms with E-state index in [1.807, 2.05) is 24.3 Å². The summed E-state index contributed by atoms with van der Waals surface area (Å²) in [5, 5.41) is 4.01. The highest BCUT2D eigenvalue weighted by atomic mass is 32.1. The van der Waals surface area contributed by atoms with E-state index in [0.717, 1.165) is 23.0 Å². The SMILES string of the molecule is CN1CCC[C@H]1COc1ccc(Nc2cc(N)c(C(=O)c3cccc(F)c3)s2)cc1. The minimum Gasteiger partial charge on any atom is -0.492 e. The molecular weight excluding hydrogens is 401 g/mol. The summed E-state index contributed by atoms with van der Waals surface area (Å²) in [6.07, 6.45) is 2.40. The topological polar surface area (TPSA) is 67.6 Å². The molecule has 1 fully saturated rings. The van der Waals surface area contributed by atoms with Gasteiger partial charge in [0, 0.05) is 17.3 Å². The molecule has 0 amide bonds. The number of rotatable bonds is 7. The maximum Gasteiger partial charge on any atom is 0.205 e. The van der Waals surface area contributed by atoms with E-state index < -0.39 is 5.82 Å². The molecule has 3 N–H and O–H groups in total. The number of nitrogens with one attached hydrogen (secondary N) is 1. The van der Waals surface area contributed by atoms with Crippen molar-refractivity contribution in [2.45, 2.75) is 18.9 Å². The number of ketones is 1. The Morgan fingerprint density at radius 3 is 2.77 bits per heavy atom. The number of hydrogen-bond donors (Lipinski definition) is 2. The van der Waals surface area contributed by atoms with Crippen molar-refractivity contribution in [2.75, 3.05) is 31.2 Å². The number of nitrogens with two attached hydrogens (primary N) is 1. The summed E-state index contributed by atoms with van der Waals surface area (Å²) in [4.78, 5) is 15.4. The fraction of sp³-hybridized carbons (Fsp3) is 0.261. The minimum absolute atomic E-state index is 0.282. The van der Waals surface area contributed by atoms with Crippen molar-refractivity contribution in [1.82, 2.24) is 4.90 Å². The zero-order chi connectivity index (χ0) is 21.1. The second-order valence-electron chi connectivity index (χ2n) is 7.47. The van der Waals surface area contributed by atoms with Gasteiger partial charge in [-0.3, -0.25) is 4.79 Å². The molecule has 0 aliphatic carbocycles. The van der Waals surface area contributed by atoms with E-state index >= 15 is 0 Å². The van der Waals surface area contributed by atoms with Crippen molar-refractivity contribution < 1.29 is 13.9 Å². The minimum atomic E-state index is -0.448. The second kappa shape index (κ2) is 8.85. The molecule has 0 saturated carbocycles. The number of carbonyl (C=O) groups excluding carboxylic acids is 1. The monoisotopic (exact) mass is 425 g/mol. The first-order valence-corrected chi connectivity index (χ1v) is 10.7. The zero-order valence-electron chi connectivity index (χ0n) is 16.7. The number of carbonyl (C=O) groups is 1. The number of benzene rings is 2. The van der Waals surface area contributed by atoms with Gasteiger partial charge in [0.15, 0.2) is 0 Å². The average molecular weight is 426 g/mol. The maximum absolute atomic E-state index is 13.4. The second-order valence-corrected chi connectivity index (χ2v) is 8.52. The van der Waals surface area contributed by atoms with Gasteiger partial charge in [-0.1, -0.05) is 12.1 Å². The van der Waals surface area contributed by atoms with Crippen LogP contribution in [0, 0.1) is 5.82 Å². The molecule has 30 heavy (non-hydrogen) atoms. The summed E-state index contributed by atoms with van der Waals surface area (Å²) in [6, 6.07) is 15.5. The summed E-state index contributed by atoms with van der Waals surface area (Å²) in [5.41, 5.74) is 7.56. The number of thiophene rings is 1. The van der Waals surface area contributed by atoms with Crippen LogP contribution in [0.25, 0.3) is 0 Å². The van der Waals surface area contributed by atoms with Gasteiger partial charge in [-0.05, 0) is 68.9 Å². The quantitative estimate of drug-likeness (QED) is 0.526. The maximum atomic E-state index is 13.4. The molecule has 0 spiro atoms. The summed E-state index contributed by atoms with van der Waals surface area (Å²) in [6.45, 7) is 1.82. The molecule has 3 aromatic rings. The first-order valence-electron chi connectivity index (χ1n) is 9.89. The van der Waals surface area contributed by atoms with E-state index in [0.29, 0.717) is 23.2 Å². The van der Waals surface area contributed by atoms with Crippen LogP contribution >= 0.6 is 11.3 Å². The van der Waals surface area contributed by atoms with Crippen molar-refractivity contribution in [3.8, 4) is 5.75 Å². The van der Waals surface area contributed by atoms with Crippen LogP contribution in [-0.4, -0.2) is 36.9 Å². The van der Waals surface area contributed by atoms with Gasteiger partial charge in [0.25, 0.3) is 0 Å². The molecular formula is C23H24FN3O2S. The van der Waals surface area contributed by atoms with Gasteiger partial charge in [0.2, 0.25) is 5.78 Å². The zero-order valence-corrected chi connectivity index (χ0v) is 17.5. The lowest BCUT2D eigenvalue weighted by molar-refractivity contribution is 0.104. The van der Waals surface area contributed by atoms with Crippen molar-refractivity contribution in [1.29, 1.82) is 0 Å². The molecule has 0 bridgehead atoms. The Bertz CT molecular complexity index is 1040. The van der Waals surface area contributed by atoms with Gasteiger partial charge in [0.05, 0.1) is 10.7 Å². The summed E-state index contributed by atoms with van der Waals surface area (Å²) in [7, 11) is 2.13. The molecule has 2 heterocycles. The Labute approximate surface area is 179 Å². The van der Waals surface area contributed by atoms with Crippen LogP contribution in [0.5, 0.6) is 5.75 Å². The summed E-state index contributed by atoms with van der Waals surface area (Å²) < 4.78 is 19.3. The van der Waals surface area contributed by atoms with E-state index in [4.69, 9.17) is 10.5 Å². The Kier molecular flexibility index (Phi) is 6.01. The molecule has 1 saturated heterocycles. The molecule has 5 nitrogen and oxygen atoms in total. The average Bonchev–Trinajstić information content (AvgIpc) is 3.31. The number of ether oxygens (including phenoxy) is 1. The molecule has 7 heteroatoms. The molecule has 1 aromatic heterocycles. The first-order chi connectivity index (χ1) is 14.5. The van der Waals surface area contributed by atoms with Crippen LogP contribution < -0.4 is 15.8 Å². The lowest BCUT2D eigenvalue weighted by atomic mass is 10.1. The number of likely N-dealkylation sites (N-methyl/N-ethyl adjacent to an activating group) is 1. The third-order valence-corrected chi connectivity index (χ3v) is 6.35. The molecule has 0 unspecified atom stereocenters. The molecule has 4 rings (SSSR count). The van der Waals surface area contributed by atoms with E-state index in [-0.39, 0.29) is 11.3 Å². The van der Waals surface area contributed by atoms with E-state index in [1.54, 1.807) is 12.1 Å². The largest absolute Gasteiger partial charge is 0.492 e. The predicted octanol–water partition coefficient (Wildman–Crippen LogP) is 4.92. The Balaban J connectivity index is 1.40. The Morgan fingerprint density at radius 1 is 1.27 bits per heavy atom. The van der Waals surface area contributed by atoms with Crippen LogP contribution in [0.1, 0.15) is 28.1 Å². The predicted molar refractivity (Wildman–Crippen MR) is 119 cm³/mol. The molecule has 1 atom stereocenters. The smallest absolute Gasteiger partial charge is 0.205 e. The summed E-state index contributed by atoms with van der Waals surface area (Å²) in [5.74, 6) is 0.0930. The van der Waals surface area contributed by atoms with Crippen LogP contribution in [0.3, 0.4) is 0 Å². The third-order valence-electron chi connectivity index (χ3n) is 5.29.